The Bertz CT molecular complexity index is 1150. The van der Waals surface area contributed by atoms with Crippen LogP contribution >= 0.6 is 0 Å². The highest BCUT2D eigenvalue weighted by molar-refractivity contribution is 7.89. The van der Waals surface area contributed by atoms with Crippen molar-refractivity contribution in [2.24, 2.45) is 0 Å². The van der Waals surface area contributed by atoms with Gasteiger partial charge >= 0.3 is 0 Å². The monoisotopic (exact) mass is 439 g/mol. The van der Waals surface area contributed by atoms with E-state index in [4.69, 9.17) is 4.74 Å². The van der Waals surface area contributed by atoms with Crippen molar-refractivity contribution in [2.75, 3.05) is 19.0 Å². The number of nitrogens with one attached hydrogen (secondary N) is 1. The predicted octanol–water partition coefficient (Wildman–Crippen LogP) is 3.54. The van der Waals surface area contributed by atoms with Gasteiger partial charge in [-0.1, -0.05) is 29.8 Å². The zero-order valence-corrected chi connectivity index (χ0v) is 18.5. The molecule has 1 heterocycles. The standard InChI is InChI=1S/C23H25N3O4S/c1-17-6-11-22(18(2)13-17)25-23(27)16-26(15-19-7-9-20(30-3)10-8-19)31(28,29)21-5-4-12-24-14-21/h4-14H,15-16H2,1-3H3,(H,25,27). The summed E-state index contributed by atoms with van der Waals surface area (Å²) in [5.41, 5.74) is 3.37. The van der Waals surface area contributed by atoms with Crippen LogP contribution in [0.2, 0.25) is 0 Å². The number of aryl methyl sites for hydroxylation is 2. The molecular formula is C23H25N3O4S. The van der Waals surface area contributed by atoms with E-state index in [-0.39, 0.29) is 18.0 Å². The second kappa shape index (κ2) is 9.72. The first-order chi connectivity index (χ1) is 14.8. The van der Waals surface area contributed by atoms with E-state index in [9.17, 15) is 13.2 Å². The fourth-order valence-electron chi connectivity index (χ4n) is 3.11. The number of hydrogen-bond donors (Lipinski definition) is 1. The molecule has 1 aromatic heterocycles. The number of pyridine rings is 1. The number of rotatable bonds is 8. The maximum absolute atomic E-state index is 13.2. The summed E-state index contributed by atoms with van der Waals surface area (Å²) in [6.45, 7) is 3.55. The average Bonchev–Trinajstić information content (AvgIpc) is 2.76. The number of carbonyl (C=O) groups excluding carboxylic acids is 1. The van der Waals surface area contributed by atoms with E-state index in [2.05, 4.69) is 10.3 Å². The minimum Gasteiger partial charge on any atom is -0.497 e. The SMILES string of the molecule is COc1ccc(CN(CC(=O)Nc2ccc(C)cc2C)S(=O)(=O)c2cccnc2)cc1. The van der Waals surface area contributed by atoms with E-state index in [0.29, 0.717) is 11.4 Å². The lowest BCUT2D eigenvalue weighted by atomic mass is 10.1. The van der Waals surface area contributed by atoms with Gasteiger partial charge in [0.1, 0.15) is 10.6 Å². The van der Waals surface area contributed by atoms with Gasteiger partial charge in [0, 0.05) is 24.6 Å². The van der Waals surface area contributed by atoms with Gasteiger partial charge in [-0.05, 0) is 55.3 Å². The van der Waals surface area contributed by atoms with Crippen LogP contribution in [0, 0.1) is 13.8 Å². The topological polar surface area (TPSA) is 88.6 Å². The molecule has 2 aromatic carbocycles. The molecule has 7 nitrogen and oxygen atoms in total. The van der Waals surface area contributed by atoms with Crippen LogP contribution in [-0.2, 0) is 21.4 Å². The van der Waals surface area contributed by atoms with Crippen LogP contribution in [0.5, 0.6) is 5.75 Å². The van der Waals surface area contributed by atoms with E-state index < -0.39 is 15.9 Å². The van der Waals surface area contributed by atoms with Gasteiger partial charge in [0.15, 0.2) is 0 Å². The summed E-state index contributed by atoms with van der Waals surface area (Å²) in [5.74, 6) is 0.242. The molecule has 8 heteroatoms. The second-order valence-corrected chi connectivity index (χ2v) is 9.11. The third-order valence-electron chi connectivity index (χ3n) is 4.77. The normalized spacial score (nSPS) is 11.4. The highest BCUT2D eigenvalue weighted by atomic mass is 32.2. The highest BCUT2D eigenvalue weighted by Gasteiger charge is 2.27. The Labute approximate surface area is 182 Å². The Morgan fingerprint density at radius 3 is 2.45 bits per heavy atom. The quantitative estimate of drug-likeness (QED) is 0.580. The van der Waals surface area contributed by atoms with E-state index in [1.807, 2.05) is 32.0 Å². The zero-order valence-electron chi connectivity index (χ0n) is 17.7. The molecule has 0 radical (unpaired) electrons. The van der Waals surface area contributed by atoms with Crippen molar-refractivity contribution in [3.63, 3.8) is 0 Å². The van der Waals surface area contributed by atoms with Crippen molar-refractivity contribution in [2.45, 2.75) is 25.3 Å². The van der Waals surface area contributed by atoms with E-state index >= 15 is 0 Å². The Kier molecular flexibility index (Phi) is 7.04. The van der Waals surface area contributed by atoms with Gasteiger partial charge in [0.05, 0.1) is 13.7 Å². The fraction of sp³-hybridized carbons (Fsp3) is 0.217. The summed E-state index contributed by atoms with van der Waals surface area (Å²) in [6.07, 6.45) is 2.78. The van der Waals surface area contributed by atoms with Crippen LogP contribution in [0.4, 0.5) is 5.69 Å². The van der Waals surface area contributed by atoms with E-state index in [0.717, 1.165) is 21.0 Å². The maximum Gasteiger partial charge on any atom is 0.245 e. The van der Waals surface area contributed by atoms with Gasteiger partial charge in [-0.15, -0.1) is 0 Å². The smallest absolute Gasteiger partial charge is 0.245 e. The van der Waals surface area contributed by atoms with Crippen LogP contribution in [0.15, 0.2) is 71.9 Å². The van der Waals surface area contributed by atoms with Crippen molar-refractivity contribution in [3.05, 3.63) is 83.7 Å². The number of methoxy groups -OCH3 is 1. The molecule has 0 saturated carbocycles. The minimum absolute atomic E-state index is 0.0293. The summed E-state index contributed by atoms with van der Waals surface area (Å²) < 4.78 is 32.8. The molecule has 3 aromatic rings. The number of nitrogens with zero attached hydrogens (tertiary/aromatic N) is 2. The third-order valence-corrected chi connectivity index (χ3v) is 6.54. The van der Waals surface area contributed by atoms with Crippen molar-refractivity contribution >= 4 is 21.6 Å². The second-order valence-electron chi connectivity index (χ2n) is 7.18. The van der Waals surface area contributed by atoms with Crippen LogP contribution in [0.3, 0.4) is 0 Å². The van der Waals surface area contributed by atoms with Gasteiger partial charge in [-0.25, -0.2) is 8.42 Å². The lowest BCUT2D eigenvalue weighted by Crippen LogP contribution is -2.37. The van der Waals surface area contributed by atoms with Gasteiger partial charge in [-0.2, -0.15) is 4.31 Å². The van der Waals surface area contributed by atoms with Crippen LogP contribution in [0.1, 0.15) is 16.7 Å². The molecule has 0 unspecified atom stereocenters. The molecule has 3 rings (SSSR count). The molecule has 0 fully saturated rings. The molecule has 0 spiro atoms. The lowest BCUT2D eigenvalue weighted by molar-refractivity contribution is -0.116. The molecule has 1 amide bonds. The number of hydrogen-bond acceptors (Lipinski definition) is 5. The summed E-state index contributed by atoms with van der Waals surface area (Å²) in [6, 6.07) is 15.7. The summed E-state index contributed by atoms with van der Waals surface area (Å²) in [5, 5.41) is 2.81. The number of carbonyl (C=O) groups is 1. The van der Waals surface area contributed by atoms with Gasteiger partial charge < -0.3 is 10.1 Å². The fourth-order valence-corrected chi connectivity index (χ4v) is 4.46. The van der Waals surface area contributed by atoms with Crippen molar-refractivity contribution in [1.82, 2.24) is 9.29 Å². The average molecular weight is 440 g/mol. The molecule has 0 saturated heterocycles. The van der Waals surface area contributed by atoms with Gasteiger partial charge in [-0.3, -0.25) is 9.78 Å². The molecule has 0 aliphatic heterocycles. The predicted molar refractivity (Wildman–Crippen MR) is 119 cm³/mol. The Balaban J connectivity index is 1.86. The Morgan fingerprint density at radius 2 is 1.84 bits per heavy atom. The molecule has 0 bridgehead atoms. The summed E-state index contributed by atoms with van der Waals surface area (Å²) in [7, 11) is -2.38. The molecule has 31 heavy (non-hydrogen) atoms. The summed E-state index contributed by atoms with van der Waals surface area (Å²) >= 11 is 0. The molecule has 0 aliphatic carbocycles. The van der Waals surface area contributed by atoms with Crippen molar-refractivity contribution in [1.29, 1.82) is 0 Å². The number of anilines is 1. The summed E-state index contributed by atoms with van der Waals surface area (Å²) in [4.78, 5) is 16.7. The van der Waals surface area contributed by atoms with Crippen molar-refractivity contribution < 1.29 is 17.9 Å². The molecule has 1 N–H and O–H groups in total. The largest absolute Gasteiger partial charge is 0.497 e. The molecule has 0 atom stereocenters. The minimum atomic E-state index is -3.94. The van der Waals surface area contributed by atoms with Crippen LogP contribution in [0.25, 0.3) is 0 Å². The number of benzene rings is 2. The highest BCUT2D eigenvalue weighted by Crippen LogP contribution is 2.20. The Hall–Kier alpha value is -3.23. The van der Waals surface area contributed by atoms with Gasteiger partial charge in [0.25, 0.3) is 0 Å². The number of aromatic nitrogens is 1. The maximum atomic E-state index is 13.2. The molecular weight excluding hydrogens is 414 g/mol. The van der Waals surface area contributed by atoms with Crippen LogP contribution < -0.4 is 10.1 Å². The molecule has 162 valence electrons. The van der Waals surface area contributed by atoms with Gasteiger partial charge in [0.2, 0.25) is 15.9 Å². The number of ether oxygens (including phenoxy) is 1. The van der Waals surface area contributed by atoms with Crippen molar-refractivity contribution in [3.8, 4) is 5.75 Å². The first-order valence-corrected chi connectivity index (χ1v) is 11.1. The first kappa shape index (κ1) is 22.5. The number of amides is 1. The lowest BCUT2D eigenvalue weighted by Gasteiger charge is -2.22. The first-order valence-electron chi connectivity index (χ1n) is 9.70. The molecule has 0 aliphatic rings. The van der Waals surface area contributed by atoms with E-state index in [1.54, 1.807) is 37.4 Å². The third kappa shape index (κ3) is 5.68. The van der Waals surface area contributed by atoms with Crippen LogP contribution in [-0.4, -0.2) is 37.3 Å². The Morgan fingerprint density at radius 1 is 1.10 bits per heavy atom. The van der Waals surface area contributed by atoms with E-state index in [1.165, 1.54) is 18.5 Å². The number of sulfonamides is 1. The zero-order chi connectivity index (χ0) is 22.4.